The summed E-state index contributed by atoms with van der Waals surface area (Å²) in [4.78, 5) is 0. The fourth-order valence-corrected chi connectivity index (χ4v) is 0.659. The van der Waals surface area contributed by atoms with E-state index in [2.05, 4.69) is 12.2 Å². The molecular formula is C7H16N2. The van der Waals surface area contributed by atoms with Crippen LogP contribution in [0.5, 0.6) is 0 Å². The largest absolute Gasteiger partial charge is 0.403 e. The molecule has 0 rings (SSSR count). The first-order valence-corrected chi connectivity index (χ1v) is 3.43. The zero-order valence-electron chi connectivity index (χ0n) is 6.28. The van der Waals surface area contributed by atoms with Gasteiger partial charge in [-0.05, 0) is 12.8 Å². The quantitative estimate of drug-likeness (QED) is 0.597. The summed E-state index contributed by atoms with van der Waals surface area (Å²) in [6.07, 6.45) is 5.14. The lowest BCUT2D eigenvalue weighted by Gasteiger charge is -2.02. The monoisotopic (exact) mass is 128 g/mol. The van der Waals surface area contributed by atoms with Crippen molar-refractivity contribution >= 4 is 0 Å². The molecular weight excluding hydrogens is 112 g/mol. The highest BCUT2D eigenvalue weighted by Gasteiger charge is 1.88. The van der Waals surface area contributed by atoms with Gasteiger partial charge in [-0.2, -0.15) is 0 Å². The second kappa shape index (κ2) is 5.48. The fraction of sp³-hybridized carbons (Fsp3) is 0.714. The Kier molecular flexibility index (Phi) is 5.07. The first kappa shape index (κ1) is 8.34. The van der Waals surface area contributed by atoms with Gasteiger partial charge >= 0.3 is 0 Å². The smallest absolute Gasteiger partial charge is 0.0261 e. The minimum Gasteiger partial charge on any atom is -0.403 e. The van der Waals surface area contributed by atoms with Crippen LogP contribution in [0.3, 0.4) is 0 Å². The van der Waals surface area contributed by atoms with Gasteiger partial charge in [-0.1, -0.05) is 13.3 Å². The molecule has 2 heteroatoms. The van der Waals surface area contributed by atoms with E-state index in [0.717, 1.165) is 12.1 Å². The van der Waals surface area contributed by atoms with Crippen LogP contribution < -0.4 is 11.1 Å². The van der Waals surface area contributed by atoms with Crippen molar-refractivity contribution < 1.29 is 0 Å². The van der Waals surface area contributed by atoms with E-state index in [-0.39, 0.29) is 0 Å². The van der Waals surface area contributed by atoms with Gasteiger partial charge in [0.2, 0.25) is 0 Å². The Hall–Kier alpha value is -0.660. The average molecular weight is 128 g/mol. The van der Waals surface area contributed by atoms with Gasteiger partial charge in [0, 0.05) is 18.9 Å². The number of hydrogen-bond donors (Lipinski definition) is 2. The Balaban J connectivity index is 3.33. The van der Waals surface area contributed by atoms with Gasteiger partial charge in [0.25, 0.3) is 0 Å². The van der Waals surface area contributed by atoms with Gasteiger partial charge in [-0.3, -0.25) is 0 Å². The summed E-state index contributed by atoms with van der Waals surface area (Å²) in [5, 5.41) is 3.02. The number of rotatable bonds is 4. The maximum atomic E-state index is 5.30. The number of nitrogens with two attached hydrogens (primary N) is 1. The van der Waals surface area contributed by atoms with Crippen LogP contribution in [0.2, 0.25) is 0 Å². The molecule has 0 aromatic heterocycles. The number of allylic oxidation sites excluding steroid dienone is 1. The summed E-state index contributed by atoms with van der Waals surface area (Å²) in [5.41, 5.74) is 6.44. The highest BCUT2D eigenvalue weighted by molar-refractivity contribution is 4.94. The van der Waals surface area contributed by atoms with Crippen LogP contribution in [0.4, 0.5) is 0 Å². The molecule has 0 saturated carbocycles. The van der Waals surface area contributed by atoms with Crippen molar-refractivity contribution in [2.45, 2.75) is 26.2 Å². The molecule has 0 atom stereocenters. The molecule has 9 heavy (non-hydrogen) atoms. The predicted molar refractivity (Wildman–Crippen MR) is 40.9 cm³/mol. The van der Waals surface area contributed by atoms with Crippen LogP contribution in [-0.4, -0.2) is 7.05 Å². The van der Waals surface area contributed by atoms with Crippen LogP contribution in [0.1, 0.15) is 26.2 Å². The summed E-state index contributed by atoms with van der Waals surface area (Å²) in [7, 11) is 1.90. The highest BCUT2D eigenvalue weighted by Crippen LogP contribution is 2.00. The number of hydrogen-bond acceptors (Lipinski definition) is 2. The summed E-state index contributed by atoms with van der Waals surface area (Å²) in [5.74, 6) is 0. The fourth-order valence-electron chi connectivity index (χ4n) is 0.659. The third kappa shape index (κ3) is 3.88. The van der Waals surface area contributed by atoms with Crippen molar-refractivity contribution in [3.05, 3.63) is 11.9 Å². The number of nitrogens with one attached hydrogen (secondary N) is 1. The first-order valence-electron chi connectivity index (χ1n) is 3.43. The van der Waals surface area contributed by atoms with Crippen molar-refractivity contribution in [2.75, 3.05) is 7.05 Å². The lowest BCUT2D eigenvalue weighted by Crippen LogP contribution is -2.07. The molecule has 0 spiro atoms. The molecule has 0 saturated heterocycles. The van der Waals surface area contributed by atoms with E-state index >= 15 is 0 Å². The SMILES string of the molecule is CCCC/C(=C/N)NC. The Morgan fingerprint density at radius 3 is 2.67 bits per heavy atom. The molecule has 0 fully saturated rings. The average Bonchev–Trinajstić information content (AvgIpc) is 1.91. The molecule has 0 aliphatic heterocycles. The lowest BCUT2D eigenvalue weighted by molar-refractivity contribution is 0.742. The van der Waals surface area contributed by atoms with Crippen molar-refractivity contribution in [3.63, 3.8) is 0 Å². The van der Waals surface area contributed by atoms with Crippen LogP contribution in [0.25, 0.3) is 0 Å². The second-order valence-electron chi connectivity index (χ2n) is 2.05. The summed E-state index contributed by atoms with van der Waals surface area (Å²) in [6, 6.07) is 0. The van der Waals surface area contributed by atoms with Gasteiger partial charge in [0.05, 0.1) is 0 Å². The van der Waals surface area contributed by atoms with Crippen LogP contribution in [0, 0.1) is 0 Å². The second-order valence-corrected chi connectivity index (χ2v) is 2.05. The van der Waals surface area contributed by atoms with E-state index in [1.165, 1.54) is 12.8 Å². The molecule has 0 aromatic carbocycles. The third-order valence-electron chi connectivity index (χ3n) is 1.32. The van der Waals surface area contributed by atoms with Crippen LogP contribution in [0.15, 0.2) is 11.9 Å². The van der Waals surface area contributed by atoms with Crippen LogP contribution >= 0.6 is 0 Å². The van der Waals surface area contributed by atoms with Gasteiger partial charge in [0.1, 0.15) is 0 Å². The standard InChI is InChI=1S/C7H16N2/c1-3-4-5-7(6-8)9-2/h6,9H,3-5,8H2,1-2H3/b7-6-. The molecule has 3 N–H and O–H groups in total. The van der Waals surface area contributed by atoms with Crippen LogP contribution in [-0.2, 0) is 0 Å². The molecule has 0 aliphatic rings. The molecule has 54 valence electrons. The zero-order chi connectivity index (χ0) is 7.11. The van der Waals surface area contributed by atoms with Crippen molar-refractivity contribution in [1.82, 2.24) is 5.32 Å². The maximum absolute atomic E-state index is 5.30. The molecule has 0 bridgehead atoms. The Morgan fingerprint density at radius 2 is 2.33 bits per heavy atom. The Bertz CT molecular complexity index is 86.9. The molecule has 0 radical (unpaired) electrons. The lowest BCUT2D eigenvalue weighted by atomic mass is 10.2. The van der Waals surface area contributed by atoms with Crippen molar-refractivity contribution in [1.29, 1.82) is 0 Å². The summed E-state index contributed by atoms with van der Waals surface area (Å²) >= 11 is 0. The van der Waals surface area contributed by atoms with E-state index in [0.29, 0.717) is 0 Å². The van der Waals surface area contributed by atoms with E-state index < -0.39 is 0 Å². The molecule has 0 aromatic rings. The van der Waals surface area contributed by atoms with E-state index in [9.17, 15) is 0 Å². The van der Waals surface area contributed by atoms with Gasteiger partial charge in [0.15, 0.2) is 0 Å². The molecule has 0 amide bonds. The molecule has 0 heterocycles. The molecule has 2 nitrogen and oxygen atoms in total. The number of unbranched alkanes of at least 4 members (excludes halogenated alkanes) is 1. The zero-order valence-corrected chi connectivity index (χ0v) is 6.28. The molecule has 0 aliphatic carbocycles. The summed E-state index contributed by atoms with van der Waals surface area (Å²) in [6.45, 7) is 2.17. The normalized spacial score (nSPS) is 11.6. The van der Waals surface area contributed by atoms with E-state index in [4.69, 9.17) is 5.73 Å². The van der Waals surface area contributed by atoms with E-state index in [1.807, 2.05) is 7.05 Å². The Morgan fingerprint density at radius 1 is 1.67 bits per heavy atom. The minimum atomic E-state index is 1.07. The predicted octanol–water partition coefficient (Wildman–Crippen LogP) is 1.20. The Labute approximate surface area is 57.1 Å². The summed E-state index contributed by atoms with van der Waals surface area (Å²) < 4.78 is 0. The minimum absolute atomic E-state index is 1.07. The van der Waals surface area contributed by atoms with Gasteiger partial charge in [-0.25, -0.2) is 0 Å². The third-order valence-corrected chi connectivity index (χ3v) is 1.32. The van der Waals surface area contributed by atoms with Gasteiger partial charge in [-0.15, -0.1) is 0 Å². The van der Waals surface area contributed by atoms with Crippen molar-refractivity contribution in [3.8, 4) is 0 Å². The van der Waals surface area contributed by atoms with Crippen molar-refractivity contribution in [2.24, 2.45) is 5.73 Å². The maximum Gasteiger partial charge on any atom is 0.0261 e. The molecule has 0 unspecified atom stereocenters. The van der Waals surface area contributed by atoms with Gasteiger partial charge < -0.3 is 11.1 Å². The first-order chi connectivity index (χ1) is 4.35. The highest BCUT2D eigenvalue weighted by atomic mass is 14.8. The van der Waals surface area contributed by atoms with E-state index in [1.54, 1.807) is 6.20 Å². The topological polar surface area (TPSA) is 38.0 Å².